The smallest absolute Gasteiger partial charge is 0.244 e. The fraction of sp³-hybridized carbons (Fsp3) is 0.364. The number of nitrogens with one attached hydrogen (secondary N) is 1. The molecule has 0 spiro atoms. The molecule has 1 heterocycles. The van der Waals surface area contributed by atoms with Gasteiger partial charge in [0, 0.05) is 19.4 Å². The van der Waals surface area contributed by atoms with E-state index in [2.05, 4.69) is 4.72 Å². The monoisotopic (exact) mass is 462 g/mol. The van der Waals surface area contributed by atoms with Gasteiger partial charge in [-0.15, -0.1) is 0 Å². The third-order valence-electron chi connectivity index (χ3n) is 5.13. The Morgan fingerprint density at radius 3 is 2.12 bits per heavy atom. The van der Waals surface area contributed by atoms with E-state index in [1.807, 2.05) is 6.07 Å². The van der Waals surface area contributed by atoms with Crippen molar-refractivity contribution in [2.24, 2.45) is 0 Å². The number of anilines is 1. The molecule has 10 heteroatoms. The summed E-state index contributed by atoms with van der Waals surface area (Å²) in [6.45, 7) is 0.118. The van der Waals surface area contributed by atoms with Gasteiger partial charge in [0.05, 0.1) is 27.0 Å². The van der Waals surface area contributed by atoms with Gasteiger partial charge in [0.1, 0.15) is 10.6 Å². The highest BCUT2D eigenvalue weighted by Gasteiger charge is 2.29. The van der Waals surface area contributed by atoms with Crippen LogP contribution in [0.15, 0.2) is 41.3 Å². The quantitative estimate of drug-likeness (QED) is 0.569. The number of ether oxygens (including phenoxy) is 3. The number of carbonyl (C=O) groups is 2. The van der Waals surface area contributed by atoms with E-state index >= 15 is 0 Å². The van der Waals surface area contributed by atoms with E-state index in [-0.39, 0.29) is 47.5 Å². The van der Waals surface area contributed by atoms with E-state index in [0.717, 1.165) is 10.5 Å². The first kappa shape index (κ1) is 23.6. The topological polar surface area (TPSA) is 111 Å². The van der Waals surface area contributed by atoms with Gasteiger partial charge in [-0.3, -0.25) is 14.5 Å². The van der Waals surface area contributed by atoms with Crippen LogP contribution in [0.2, 0.25) is 0 Å². The Kier molecular flexibility index (Phi) is 7.37. The van der Waals surface area contributed by atoms with Gasteiger partial charge in [0.25, 0.3) is 0 Å². The van der Waals surface area contributed by atoms with Crippen LogP contribution in [-0.4, -0.2) is 48.1 Å². The summed E-state index contributed by atoms with van der Waals surface area (Å²) in [4.78, 5) is 25.4. The Balaban J connectivity index is 1.80. The first-order valence-corrected chi connectivity index (χ1v) is 11.5. The minimum atomic E-state index is -3.98. The van der Waals surface area contributed by atoms with Gasteiger partial charge in [-0.1, -0.05) is 6.07 Å². The second kappa shape index (κ2) is 10.0. The van der Waals surface area contributed by atoms with E-state index in [4.69, 9.17) is 14.2 Å². The Morgan fingerprint density at radius 1 is 0.875 bits per heavy atom. The molecule has 32 heavy (non-hydrogen) atoms. The third-order valence-corrected chi connectivity index (χ3v) is 6.61. The van der Waals surface area contributed by atoms with E-state index in [1.54, 1.807) is 12.1 Å². The molecule has 1 fully saturated rings. The van der Waals surface area contributed by atoms with Crippen molar-refractivity contribution in [3.05, 3.63) is 42.0 Å². The molecule has 0 aliphatic carbocycles. The van der Waals surface area contributed by atoms with E-state index in [0.29, 0.717) is 24.3 Å². The van der Waals surface area contributed by atoms with Crippen molar-refractivity contribution >= 4 is 27.5 Å². The second-order valence-corrected chi connectivity index (χ2v) is 8.88. The molecule has 172 valence electrons. The van der Waals surface area contributed by atoms with E-state index in [9.17, 15) is 18.0 Å². The molecule has 1 aliphatic heterocycles. The van der Waals surface area contributed by atoms with Crippen LogP contribution in [0.5, 0.6) is 17.2 Å². The molecule has 0 aromatic heterocycles. The molecule has 2 aromatic rings. The lowest BCUT2D eigenvalue weighted by Gasteiger charge is -2.25. The highest BCUT2D eigenvalue weighted by atomic mass is 32.2. The number of nitrogens with zero attached hydrogens (tertiary/aromatic N) is 1. The molecule has 0 bridgehead atoms. The number of imide groups is 1. The molecule has 0 atom stereocenters. The molecule has 9 nitrogen and oxygen atoms in total. The molecule has 1 N–H and O–H groups in total. The minimum Gasteiger partial charge on any atom is -0.495 e. The van der Waals surface area contributed by atoms with Crippen LogP contribution in [0.4, 0.5) is 5.69 Å². The van der Waals surface area contributed by atoms with Crippen molar-refractivity contribution in [2.45, 2.75) is 30.6 Å². The predicted octanol–water partition coefficient (Wildman–Crippen LogP) is 2.28. The Labute approximate surface area is 187 Å². The van der Waals surface area contributed by atoms with Gasteiger partial charge >= 0.3 is 0 Å². The number of piperidine rings is 1. The van der Waals surface area contributed by atoms with Gasteiger partial charge in [-0.05, 0) is 48.7 Å². The van der Waals surface area contributed by atoms with Crippen LogP contribution in [0.25, 0.3) is 0 Å². The Hall–Kier alpha value is -3.11. The van der Waals surface area contributed by atoms with Gasteiger partial charge < -0.3 is 14.2 Å². The second-order valence-electron chi connectivity index (χ2n) is 7.15. The normalized spacial score (nSPS) is 14.4. The number of benzene rings is 2. The average Bonchev–Trinajstić information content (AvgIpc) is 2.78. The Morgan fingerprint density at radius 2 is 1.50 bits per heavy atom. The standard InChI is InChI=1S/C22H26N2O7S/c1-29-17-9-7-15(13-19(17)31-3)11-12-23-32(27,28)20-14-16(8-10-18(20)30-2)24-21(25)5-4-6-22(24)26/h7-10,13-14,23H,4-6,11-12H2,1-3H3. The summed E-state index contributed by atoms with van der Waals surface area (Å²) in [5.74, 6) is 0.551. The van der Waals surface area contributed by atoms with E-state index in [1.165, 1.54) is 39.5 Å². The minimum absolute atomic E-state index is 0.115. The maximum absolute atomic E-state index is 13.0. The number of methoxy groups -OCH3 is 3. The predicted molar refractivity (Wildman–Crippen MR) is 118 cm³/mol. The van der Waals surface area contributed by atoms with Crippen molar-refractivity contribution in [3.8, 4) is 17.2 Å². The van der Waals surface area contributed by atoms with Crippen molar-refractivity contribution in [3.63, 3.8) is 0 Å². The molecular weight excluding hydrogens is 436 g/mol. The van der Waals surface area contributed by atoms with Crippen molar-refractivity contribution in [1.29, 1.82) is 0 Å². The lowest BCUT2D eigenvalue weighted by Crippen LogP contribution is -2.40. The third kappa shape index (κ3) is 5.03. The van der Waals surface area contributed by atoms with Crippen LogP contribution in [-0.2, 0) is 26.0 Å². The average molecular weight is 463 g/mol. The van der Waals surface area contributed by atoms with Crippen molar-refractivity contribution in [2.75, 3.05) is 32.8 Å². The summed E-state index contributed by atoms with van der Waals surface area (Å²) in [6, 6.07) is 9.59. The molecule has 1 aliphatic rings. The molecule has 2 amide bonds. The zero-order valence-corrected chi connectivity index (χ0v) is 19.0. The largest absolute Gasteiger partial charge is 0.495 e. The summed E-state index contributed by atoms with van der Waals surface area (Å²) < 4.78 is 44.2. The van der Waals surface area contributed by atoms with Crippen LogP contribution in [0.3, 0.4) is 0 Å². The molecule has 2 aromatic carbocycles. The maximum Gasteiger partial charge on any atom is 0.244 e. The molecule has 1 saturated heterocycles. The number of amides is 2. The van der Waals surface area contributed by atoms with Crippen LogP contribution < -0.4 is 23.8 Å². The van der Waals surface area contributed by atoms with Crippen molar-refractivity contribution in [1.82, 2.24) is 4.72 Å². The SMILES string of the molecule is COc1ccc(CCNS(=O)(=O)c2cc(N3C(=O)CCCC3=O)ccc2OC)cc1OC. The lowest BCUT2D eigenvalue weighted by atomic mass is 10.1. The zero-order valence-electron chi connectivity index (χ0n) is 18.2. The molecular formula is C22H26N2O7S. The van der Waals surface area contributed by atoms with Crippen LogP contribution in [0, 0.1) is 0 Å². The highest BCUT2D eigenvalue weighted by Crippen LogP contribution is 2.31. The summed E-state index contributed by atoms with van der Waals surface area (Å²) in [7, 11) is 0.447. The number of carbonyl (C=O) groups excluding carboxylic acids is 2. The Bertz CT molecular complexity index is 1100. The maximum atomic E-state index is 13.0. The first-order chi connectivity index (χ1) is 15.3. The zero-order chi connectivity index (χ0) is 23.3. The highest BCUT2D eigenvalue weighted by molar-refractivity contribution is 7.89. The fourth-order valence-corrected chi connectivity index (χ4v) is 4.72. The van der Waals surface area contributed by atoms with Gasteiger partial charge in [0.15, 0.2) is 11.5 Å². The summed E-state index contributed by atoms with van der Waals surface area (Å²) in [5.41, 5.74) is 1.07. The summed E-state index contributed by atoms with van der Waals surface area (Å²) >= 11 is 0. The summed E-state index contributed by atoms with van der Waals surface area (Å²) in [6.07, 6.45) is 1.38. The first-order valence-electron chi connectivity index (χ1n) is 10.0. The number of hydrogen-bond donors (Lipinski definition) is 1. The van der Waals surface area contributed by atoms with Gasteiger partial charge in [-0.2, -0.15) is 0 Å². The molecule has 0 radical (unpaired) electrons. The number of hydrogen-bond acceptors (Lipinski definition) is 7. The number of sulfonamides is 1. The van der Waals surface area contributed by atoms with E-state index < -0.39 is 10.0 Å². The lowest BCUT2D eigenvalue weighted by molar-refractivity contribution is -0.129. The fourth-order valence-electron chi connectivity index (χ4n) is 3.50. The number of rotatable bonds is 9. The van der Waals surface area contributed by atoms with Crippen molar-refractivity contribution < 1.29 is 32.2 Å². The molecule has 0 unspecified atom stereocenters. The van der Waals surface area contributed by atoms with Crippen LogP contribution >= 0.6 is 0 Å². The van der Waals surface area contributed by atoms with Crippen LogP contribution in [0.1, 0.15) is 24.8 Å². The summed E-state index contributed by atoms with van der Waals surface area (Å²) in [5, 5.41) is 0. The molecule has 3 rings (SSSR count). The van der Waals surface area contributed by atoms with Gasteiger partial charge in [-0.25, -0.2) is 13.1 Å². The van der Waals surface area contributed by atoms with Gasteiger partial charge in [0.2, 0.25) is 21.8 Å². The molecule has 0 saturated carbocycles.